The van der Waals surface area contributed by atoms with Gasteiger partial charge in [0.1, 0.15) is 17.3 Å². The van der Waals surface area contributed by atoms with E-state index in [0.717, 1.165) is 0 Å². The molecule has 1 N–H and O–H groups in total. The smallest absolute Gasteiger partial charge is 0.227 e. The summed E-state index contributed by atoms with van der Waals surface area (Å²) in [5, 5.41) is 3.74. The Balaban J connectivity index is 1.61. The van der Waals surface area contributed by atoms with Gasteiger partial charge in [-0.05, 0) is 38.1 Å². The molecule has 1 heterocycles. The van der Waals surface area contributed by atoms with Gasteiger partial charge in [0.2, 0.25) is 5.91 Å². The number of amides is 1. The lowest BCUT2D eigenvalue weighted by Gasteiger charge is -2.31. The molecule has 2 aromatic carbocycles. The number of benzene rings is 2. The van der Waals surface area contributed by atoms with Crippen molar-refractivity contribution in [3.8, 4) is 11.5 Å². The SMILES string of the molecule is COc1cc(NC(=O)C2CCN(Cc3c(F)cccc3Cl)CC2)c(OC)cc1Cl. The predicted molar refractivity (Wildman–Crippen MR) is 113 cm³/mol. The first-order valence-electron chi connectivity index (χ1n) is 9.30. The number of hydrogen-bond acceptors (Lipinski definition) is 4. The molecule has 29 heavy (non-hydrogen) atoms. The molecule has 156 valence electrons. The molecular formula is C21H23Cl2FN2O3. The molecule has 1 aliphatic rings. The third-order valence-corrected chi connectivity index (χ3v) is 5.78. The summed E-state index contributed by atoms with van der Waals surface area (Å²) in [6.07, 6.45) is 1.34. The largest absolute Gasteiger partial charge is 0.495 e. The van der Waals surface area contributed by atoms with Crippen LogP contribution in [0.25, 0.3) is 0 Å². The Kier molecular flexibility index (Phi) is 7.22. The molecule has 0 spiro atoms. The normalized spacial score (nSPS) is 15.2. The van der Waals surface area contributed by atoms with Gasteiger partial charge >= 0.3 is 0 Å². The zero-order chi connectivity index (χ0) is 21.0. The van der Waals surface area contributed by atoms with Crippen LogP contribution in [0, 0.1) is 11.7 Å². The van der Waals surface area contributed by atoms with Crippen molar-refractivity contribution in [3.05, 3.63) is 51.8 Å². The number of anilines is 1. The summed E-state index contributed by atoms with van der Waals surface area (Å²) in [6, 6.07) is 7.95. The number of nitrogens with one attached hydrogen (secondary N) is 1. The van der Waals surface area contributed by atoms with Crippen LogP contribution in [0.3, 0.4) is 0 Å². The lowest BCUT2D eigenvalue weighted by atomic mass is 9.95. The number of halogens is 3. The van der Waals surface area contributed by atoms with Gasteiger partial charge < -0.3 is 14.8 Å². The Hall–Kier alpha value is -2.02. The van der Waals surface area contributed by atoms with E-state index in [-0.39, 0.29) is 17.6 Å². The van der Waals surface area contributed by atoms with Crippen LogP contribution < -0.4 is 14.8 Å². The van der Waals surface area contributed by atoms with Crippen molar-refractivity contribution < 1.29 is 18.7 Å². The highest BCUT2D eigenvalue weighted by molar-refractivity contribution is 6.32. The van der Waals surface area contributed by atoms with E-state index in [4.69, 9.17) is 32.7 Å². The van der Waals surface area contributed by atoms with E-state index >= 15 is 0 Å². The number of nitrogens with zero attached hydrogens (tertiary/aromatic N) is 1. The Morgan fingerprint density at radius 1 is 1.14 bits per heavy atom. The quantitative estimate of drug-likeness (QED) is 0.686. The Bertz CT molecular complexity index is 866. The van der Waals surface area contributed by atoms with E-state index in [2.05, 4.69) is 10.2 Å². The highest BCUT2D eigenvalue weighted by atomic mass is 35.5. The minimum absolute atomic E-state index is 0.0868. The zero-order valence-electron chi connectivity index (χ0n) is 16.3. The molecule has 5 nitrogen and oxygen atoms in total. The van der Waals surface area contributed by atoms with Crippen molar-refractivity contribution in [2.75, 3.05) is 32.6 Å². The predicted octanol–water partition coefficient (Wildman–Crippen LogP) is 5.00. The molecule has 1 fully saturated rings. The minimum atomic E-state index is -0.304. The zero-order valence-corrected chi connectivity index (χ0v) is 17.8. The third-order valence-electron chi connectivity index (χ3n) is 5.13. The second-order valence-electron chi connectivity index (χ2n) is 6.93. The molecule has 3 rings (SSSR count). The van der Waals surface area contributed by atoms with E-state index in [1.54, 1.807) is 24.3 Å². The van der Waals surface area contributed by atoms with Crippen molar-refractivity contribution in [2.24, 2.45) is 5.92 Å². The number of hydrogen-bond donors (Lipinski definition) is 1. The second-order valence-corrected chi connectivity index (χ2v) is 7.74. The van der Waals surface area contributed by atoms with E-state index in [1.807, 2.05) is 0 Å². The molecule has 0 unspecified atom stereocenters. The van der Waals surface area contributed by atoms with Crippen LogP contribution in [-0.4, -0.2) is 38.1 Å². The summed E-state index contributed by atoms with van der Waals surface area (Å²) < 4.78 is 24.5. The number of ether oxygens (including phenoxy) is 2. The summed E-state index contributed by atoms with van der Waals surface area (Å²) in [6.45, 7) is 1.80. The van der Waals surface area contributed by atoms with Crippen LogP contribution in [0.5, 0.6) is 11.5 Å². The average Bonchev–Trinajstić information content (AvgIpc) is 2.72. The summed E-state index contributed by atoms with van der Waals surface area (Å²) in [7, 11) is 3.02. The molecule has 2 aromatic rings. The Morgan fingerprint density at radius 3 is 2.45 bits per heavy atom. The number of methoxy groups -OCH3 is 2. The molecule has 1 amide bonds. The molecule has 0 saturated carbocycles. The van der Waals surface area contributed by atoms with Crippen LogP contribution in [0.4, 0.5) is 10.1 Å². The summed E-state index contributed by atoms with van der Waals surface area (Å²) in [4.78, 5) is 14.9. The van der Waals surface area contributed by atoms with Crippen LogP contribution in [0.2, 0.25) is 10.0 Å². The lowest BCUT2D eigenvalue weighted by molar-refractivity contribution is -0.121. The summed E-state index contributed by atoms with van der Waals surface area (Å²) >= 11 is 12.2. The van der Waals surface area contributed by atoms with Crippen molar-refractivity contribution in [2.45, 2.75) is 19.4 Å². The number of piperidine rings is 1. The van der Waals surface area contributed by atoms with Crippen molar-refractivity contribution >= 4 is 34.8 Å². The third kappa shape index (κ3) is 5.13. The summed E-state index contributed by atoms with van der Waals surface area (Å²) in [5.41, 5.74) is 1.01. The number of rotatable bonds is 6. The van der Waals surface area contributed by atoms with E-state index < -0.39 is 0 Å². The maximum Gasteiger partial charge on any atom is 0.227 e. The Morgan fingerprint density at radius 2 is 1.83 bits per heavy atom. The van der Waals surface area contributed by atoms with Gasteiger partial charge in [0, 0.05) is 35.2 Å². The number of carbonyl (C=O) groups excluding carboxylic acids is 1. The van der Waals surface area contributed by atoms with Gasteiger partial charge in [0.25, 0.3) is 0 Å². The fraction of sp³-hybridized carbons (Fsp3) is 0.381. The van der Waals surface area contributed by atoms with Gasteiger partial charge in [-0.2, -0.15) is 0 Å². The molecule has 0 radical (unpaired) electrons. The monoisotopic (exact) mass is 440 g/mol. The van der Waals surface area contributed by atoms with Gasteiger partial charge in [0.15, 0.2) is 0 Å². The van der Waals surface area contributed by atoms with Gasteiger partial charge in [0.05, 0.1) is 24.9 Å². The van der Waals surface area contributed by atoms with Gasteiger partial charge in [-0.3, -0.25) is 9.69 Å². The number of likely N-dealkylation sites (tertiary alicyclic amines) is 1. The first-order chi connectivity index (χ1) is 13.9. The fourth-order valence-electron chi connectivity index (χ4n) is 3.45. The molecule has 0 aliphatic carbocycles. The van der Waals surface area contributed by atoms with E-state index in [1.165, 1.54) is 20.3 Å². The van der Waals surface area contributed by atoms with Gasteiger partial charge in [-0.15, -0.1) is 0 Å². The van der Waals surface area contributed by atoms with Crippen molar-refractivity contribution in [1.29, 1.82) is 0 Å². The fourth-order valence-corrected chi connectivity index (χ4v) is 3.91. The van der Waals surface area contributed by atoms with E-state index in [9.17, 15) is 9.18 Å². The molecule has 0 atom stereocenters. The average molecular weight is 441 g/mol. The molecule has 1 aliphatic heterocycles. The maximum atomic E-state index is 14.0. The van der Waals surface area contributed by atoms with Crippen LogP contribution in [0.15, 0.2) is 30.3 Å². The van der Waals surface area contributed by atoms with Crippen LogP contribution in [-0.2, 0) is 11.3 Å². The number of carbonyl (C=O) groups is 1. The second kappa shape index (κ2) is 9.65. The standard InChI is InChI=1S/C21H23Cl2FN2O3/c1-28-19-11-18(20(29-2)10-16(19)23)25-21(27)13-6-8-26(9-7-13)12-14-15(22)4-3-5-17(14)24/h3-5,10-11,13H,6-9,12H2,1-2H3,(H,25,27). The topological polar surface area (TPSA) is 50.8 Å². The van der Waals surface area contributed by atoms with E-state index in [0.29, 0.717) is 65.3 Å². The van der Waals surface area contributed by atoms with Crippen LogP contribution in [0.1, 0.15) is 18.4 Å². The van der Waals surface area contributed by atoms with Crippen molar-refractivity contribution in [1.82, 2.24) is 4.90 Å². The highest BCUT2D eigenvalue weighted by Crippen LogP contribution is 2.36. The Labute approximate surface area is 179 Å². The first kappa shape index (κ1) is 21.7. The first-order valence-corrected chi connectivity index (χ1v) is 10.1. The highest BCUT2D eigenvalue weighted by Gasteiger charge is 2.26. The van der Waals surface area contributed by atoms with Crippen LogP contribution >= 0.6 is 23.2 Å². The van der Waals surface area contributed by atoms with Gasteiger partial charge in [-0.25, -0.2) is 4.39 Å². The van der Waals surface area contributed by atoms with Crippen molar-refractivity contribution in [3.63, 3.8) is 0 Å². The lowest BCUT2D eigenvalue weighted by Crippen LogP contribution is -2.38. The minimum Gasteiger partial charge on any atom is -0.495 e. The molecule has 1 saturated heterocycles. The maximum absolute atomic E-state index is 14.0. The summed E-state index contributed by atoms with van der Waals surface area (Å²) in [5.74, 6) is 0.390. The molecular weight excluding hydrogens is 418 g/mol. The molecule has 0 aromatic heterocycles. The van der Waals surface area contributed by atoms with Gasteiger partial charge in [-0.1, -0.05) is 29.3 Å². The molecule has 8 heteroatoms. The molecule has 0 bridgehead atoms.